The number of amides is 3. The number of hydrogen-bond donors (Lipinski definition) is 2. The van der Waals surface area contributed by atoms with E-state index < -0.39 is 30.5 Å². The lowest BCUT2D eigenvalue weighted by Gasteiger charge is -2.18. The van der Waals surface area contributed by atoms with Crippen LogP contribution in [0.15, 0.2) is 48.5 Å². The van der Waals surface area contributed by atoms with Crippen molar-refractivity contribution in [3.05, 3.63) is 59.1 Å². The summed E-state index contributed by atoms with van der Waals surface area (Å²) in [6.07, 6.45) is -4.53. The zero-order valence-corrected chi connectivity index (χ0v) is 16.3. The van der Waals surface area contributed by atoms with Gasteiger partial charge in [-0.25, -0.2) is 0 Å². The highest BCUT2D eigenvalue weighted by Crippen LogP contribution is 2.31. The summed E-state index contributed by atoms with van der Waals surface area (Å²) in [7, 11) is 0. The molecule has 0 bridgehead atoms. The lowest BCUT2D eigenvalue weighted by Crippen LogP contribution is -2.33. The van der Waals surface area contributed by atoms with Crippen LogP contribution in [-0.4, -0.2) is 37.0 Å². The van der Waals surface area contributed by atoms with E-state index in [0.717, 1.165) is 0 Å². The van der Waals surface area contributed by atoms with Crippen LogP contribution in [0.2, 0.25) is 5.02 Å². The smallest absolute Gasteiger partial charge is 0.343 e. The van der Waals surface area contributed by atoms with Crippen molar-refractivity contribution >= 4 is 40.7 Å². The highest BCUT2D eigenvalue weighted by molar-refractivity contribution is 6.33. The largest absolute Gasteiger partial charge is 0.405 e. The first-order valence-corrected chi connectivity index (χ1v) is 9.32. The molecule has 3 rings (SSSR count). The standard InChI is InChI=1S/C20H17ClF3N3O3/c21-15-6-1-2-7-16(15)27-10-13(9-17(27)28)19(30)26-14-5-3-4-12(8-14)18(29)25-11-20(22,23)24/h1-8,13H,9-11H2,(H,25,29)(H,26,30). The van der Waals surface area contributed by atoms with E-state index in [1.165, 1.54) is 29.2 Å². The molecule has 6 nitrogen and oxygen atoms in total. The van der Waals surface area contributed by atoms with Gasteiger partial charge in [0.25, 0.3) is 5.91 Å². The Morgan fingerprint density at radius 2 is 1.87 bits per heavy atom. The Morgan fingerprint density at radius 1 is 1.13 bits per heavy atom. The van der Waals surface area contributed by atoms with Gasteiger partial charge >= 0.3 is 6.18 Å². The average molecular weight is 440 g/mol. The minimum Gasteiger partial charge on any atom is -0.343 e. The lowest BCUT2D eigenvalue weighted by atomic mass is 10.1. The fourth-order valence-corrected chi connectivity index (χ4v) is 3.29. The summed E-state index contributed by atoms with van der Waals surface area (Å²) >= 11 is 6.12. The van der Waals surface area contributed by atoms with Gasteiger partial charge in [0.15, 0.2) is 0 Å². The molecule has 2 aromatic carbocycles. The normalized spacial score (nSPS) is 16.5. The van der Waals surface area contributed by atoms with Gasteiger partial charge < -0.3 is 15.5 Å². The molecule has 0 saturated carbocycles. The van der Waals surface area contributed by atoms with Crippen molar-refractivity contribution in [1.82, 2.24) is 5.32 Å². The average Bonchev–Trinajstić information content (AvgIpc) is 3.08. The van der Waals surface area contributed by atoms with Gasteiger partial charge in [0.2, 0.25) is 11.8 Å². The molecule has 158 valence electrons. The summed E-state index contributed by atoms with van der Waals surface area (Å²) in [6.45, 7) is -1.31. The van der Waals surface area contributed by atoms with Crippen molar-refractivity contribution in [2.24, 2.45) is 5.92 Å². The molecule has 1 unspecified atom stereocenters. The van der Waals surface area contributed by atoms with Gasteiger partial charge in [0.05, 0.1) is 16.6 Å². The Hall–Kier alpha value is -3.07. The third-order valence-corrected chi connectivity index (χ3v) is 4.80. The summed E-state index contributed by atoms with van der Waals surface area (Å²) in [5.74, 6) is -2.24. The first-order chi connectivity index (χ1) is 14.1. The van der Waals surface area contributed by atoms with E-state index in [-0.39, 0.29) is 30.1 Å². The number of para-hydroxylation sites is 1. The van der Waals surface area contributed by atoms with Crippen molar-refractivity contribution in [2.45, 2.75) is 12.6 Å². The van der Waals surface area contributed by atoms with Crippen LogP contribution < -0.4 is 15.5 Å². The molecule has 1 saturated heterocycles. The number of benzene rings is 2. The fraction of sp³-hybridized carbons (Fsp3) is 0.250. The molecule has 1 fully saturated rings. The molecule has 10 heteroatoms. The molecule has 0 aliphatic carbocycles. The van der Waals surface area contributed by atoms with Gasteiger partial charge in [0.1, 0.15) is 6.54 Å². The minimum atomic E-state index is -4.52. The number of rotatable bonds is 5. The Kier molecular flexibility index (Phi) is 6.31. The number of nitrogens with zero attached hydrogens (tertiary/aromatic N) is 1. The van der Waals surface area contributed by atoms with Crippen LogP contribution in [0.1, 0.15) is 16.8 Å². The van der Waals surface area contributed by atoms with Crippen molar-refractivity contribution in [1.29, 1.82) is 0 Å². The number of anilines is 2. The van der Waals surface area contributed by atoms with Gasteiger partial charge in [-0.1, -0.05) is 29.8 Å². The number of alkyl halides is 3. The maximum atomic E-state index is 12.6. The zero-order valence-electron chi connectivity index (χ0n) is 15.5. The monoisotopic (exact) mass is 439 g/mol. The highest BCUT2D eigenvalue weighted by atomic mass is 35.5. The number of halogens is 4. The molecule has 30 heavy (non-hydrogen) atoms. The van der Waals surface area contributed by atoms with Crippen molar-refractivity contribution < 1.29 is 27.6 Å². The van der Waals surface area contributed by atoms with E-state index in [1.54, 1.807) is 29.6 Å². The van der Waals surface area contributed by atoms with Gasteiger partial charge in [-0.2, -0.15) is 13.2 Å². The predicted octanol–water partition coefficient (Wildman–Crippen LogP) is 3.62. The molecular formula is C20H17ClF3N3O3. The SMILES string of the molecule is O=C(NCC(F)(F)F)c1cccc(NC(=O)C2CC(=O)N(c3ccccc3Cl)C2)c1. The van der Waals surface area contributed by atoms with Crippen LogP contribution in [0.4, 0.5) is 24.5 Å². The van der Waals surface area contributed by atoms with Crippen LogP contribution in [0, 0.1) is 5.92 Å². The molecule has 1 aliphatic heterocycles. The number of nitrogens with one attached hydrogen (secondary N) is 2. The first-order valence-electron chi connectivity index (χ1n) is 8.95. The summed E-state index contributed by atoms with van der Waals surface area (Å²) in [5.41, 5.74) is 0.725. The van der Waals surface area contributed by atoms with Gasteiger partial charge in [0, 0.05) is 24.2 Å². The minimum absolute atomic E-state index is 0.0111. The second kappa shape index (κ2) is 8.74. The predicted molar refractivity (Wildman–Crippen MR) is 105 cm³/mol. The molecule has 2 N–H and O–H groups in total. The molecular weight excluding hydrogens is 423 g/mol. The number of carbonyl (C=O) groups is 3. The van der Waals surface area contributed by atoms with E-state index in [4.69, 9.17) is 11.6 Å². The Morgan fingerprint density at radius 3 is 2.57 bits per heavy atom. The number of hydrogen-bond acceptors (Lipinski definition) is 3. The fourth-order valence-electron chi connectivity index (χ4n) is 3.05. The van der Waals surface area contributed by atoms with Crippen LogP contribution in [0.5, 0.6) is 0 Å². The van der Waals surface area contributed by atoms with Crippen LogP contribution in [0.3, 0.4) is 0 Å². The quantitative estimate of drug-likeness (QED) is 0.747. The molecule has 3 amide bonds. The maximum Gasteiger partial charge on any atom is 0.405 e. The van der Waals surface area contributed by atoms with Gasteiger partial charge in [-0.05, 0) is 30.3 Å². The highest BCUT2D eigenvalue weighted by Gasteiger charge is 2.36. The molecule has 1 atom stereocenters. The van der Waals surface area contributed by atoms with Crippen molar-refractivity contribution in [3.8, 4) is 0 Å². The summed E-state index contributed by atoms with van der Waals surface area (Å²) < 4.78 is 36.8. The van der Waals surface area contributed by atoms with Gasteiger partial charge in [-0.3, -0.25) is 14.4 Å². The number of carbonyl (C=O) groups excluding carboxylic acids is 3. The zero-order chi connectivity index (χ0) is 21.9. The van der Waals surface area contributed by atoms with E-state index in [0.29, 0.717) is 10.7 Å². The topological polar surface area (TPSA) is 78.5 Å². The molecule has 1 aliphatic rings. The second-order valence-electron chi connectivity index (χ2n) is 6.72. The lowest BCUT2D eigenvalue weighted by molar-refractivity contribution is -0.123. The maximum absolute atomic E-state index is 12.6. The van der Waals surface area contributed by atoms with E-state index in [9.17, 15) is 27.6 Å². The summed E-state index contributed by atoms with van der Waals surface area (Å²) in [6, 6.07) is 12.3. The Balaban J connectivity index is 1.65. The Bertz CT molecular complexity index is 981. The summed E-state index contributed by atoms with van der Waals surface area (Å²) in [4.78, 5) is 38.2. The molecule has 1 heterocycles. The molecule has 0 radical (unpaired) electrons. The van der Waals surface area contributed by atoms with Gasteiger partial charge in [-0.15, -0.1) is 0 Å². The van der Waals surface area contributed by atoms with Crippen molar-refractivity contribution in [2.75, 3.05) is 23.3 Å². The third kappa shape index (κ3) is 5.29. The Labute approximate surface area is 175 Å². The van der Waals surface area contributed by atoms with E-state index in [1.807, 2.05) is 0 Å². The first kappa shape index (κ1) is 21.6. The summed E-state index contributed by atoms with van der Waals surface area (Å²) in [5, 5.41) is 4.77. The van der Waals surface area contributed by atoms with Crippen LogP contribution in [0.25, 0.3) is 0 Å². The second-order valence-corrected chi connectivity index (χ2v) is 7.13. The van der Waals surface area contributed by atoms with Crippen molar-refractivity contribution in [3.63, 3.8) is 0 Å². The van der Waals surface area contributed by atoms with Crippen LogP contribution in [-0.2, 0) is 9.59 Å². The molecule has 2 aromatic rings. The third-order valence-electron chi connectivity index (χ3n) is 4.48. The van der Waals surface area contributed by atoms with E-state index in [2.05, 4.69) is 5.32 Å². The molecule has 0 spiro atoms. The van der Waals surface area contributed by atoms with Crippen LogP contribution >= 0.6 is 11.6 Å². The molecule has 0 aromatic heterocycles. The van der Waals surface area contributed by atoms with E-state index >= 15 is 0 Å².